The van der Waals surface area contributed by atoms with Gasteiger partial charge in [-0.25, -0.2) is 4.98 Å². The van der Waals surface area contributed by atoms with Crippen LogP contribution in [-0.2, 0) is 13.1 Å². The van der Waals surface area contributed by atoms with E-state index in [1.807, 2.05) is 41.0 Å². The maximum Gasteiger partial charge on any atom is 0.261 e. The van der Waals surface area contributed by atoms with Crippen LogP contribution in [0.4, 0.5) is 0 Å². The van der Waals surface area contributed by atoms with E-state index in [1.54, 1.807) is 6.26 Å². The van der Waals surface area contributed by atoms with Crippen molar-refractivity contribution in [1.29, 1.82) is 0 Å². The molecule has 0 aliphatic rings. The molecule has 5 heteroatoms. The molecule has 2 heterocycles. The molecule has 0 aliphatic carbocycles. The summed E-state index contributed by atoms with van der Waals surface area (Å²) in [6.07, 6.45) is 3.40. The quantitative estimate of drug-likeness (QED) is 0.720. The highest BCUT2D eigenvalue weighted by Gasteiger charge is 2.18. The van der Waals surface area contributed by atoms with Crippen LogP contribution in [0.25, 0.3) is 10.9 Å². The van der Waals surface area contributed by atoms with E-state index in [9.17, 15) is 4.79 Å². The van der Waals surface area contributed by atoms with Gasteiger partial charge in [-0.15, -0.1) is 0 Å². The molecule has 0 bridgehead atoms. The Kier molecular flexibility index (Phi) is 5.11. The van der Waals surface area contributed by atoms with Crippen LogP contribution in [0, 0.1) is 0 Å². The monoisotopic (exact) mass is 325 g/mol. The highest BCUT2D eigenvalue weighted by molar-refractivity contribution is 5.77. The molecule has 5 nitrogen and oxygen atoms in total. The Morgan fingerprint density at radius 3 is 2.75 bits per heavy atom. The number of aromatic nitrogens is 2. The third kappa shape index (κ3) is 3.26. The first-order chi connectivity index (χ1) is 11.7. The van der Waals surface area contributed by atoms with Crippen molar-refractivity contribution >= 4 is 10.9 Å². The Hall–Kier alpha value is -2.40. The highest BCUT2D eigenvalue weighted by atomic mass is 16.3. The second kappa shape index (κ2) is 7.45. The summed E-state index contributed by atoms with van der Waals surface area (Å²) in [5.41, 5.74) is 0.791. The maximum atomic E-state index is 12.9. The number of rotatable bonds is 7. The molecule has 3 rings (SSSR count). The van der Waals surface area contributed by atoms with Crippen molar-refractivity contribution in [2.45, 2.75) is 45.8 Å². The minimum Gasteiger partial charge on any atom is -0.468 e. The van der Waals surface area contributed by atoms with Crippen LogP contribution >= 0.6 is 0 Å². The van der Waals surface area contributed by atoms with E-state index in [0.29, 0.717) is 18.5 Å². The molecule has 126 valence electrons. The SMILES string of the molecule is CCCn1c(C(CC)NCc2ccco2)nc2ccccc2c1=O. The van der Waals surface area contributed by atoms with Gasteiger partial charge < -0.3 is 9.73 Å². The van der Waals surface area contributed by atoms with E-state index in [4.69, 9.17) is 9.40 Å². The molecule has 0 saturated heterocycles. The molecular formula is C19H23N3O2. The molecule has 1 unspecified atom stereocenters. The molecule has 0 spiro atoms. The Balaban J connectivity index is 2.01. The van der Waals surface area contributed by atoms with E-state index in [1.165, 1.54) is 0 Å². The van der Waals surface area contributed by atoms with Crippen LogP contribution in [0.3, 0.4) is 0 Å². The van der Waals surface area contributed by atoms with Gasteiger partial charge in [0.1, 0.15) is 11.6 Å². The highest BCUT2D eigenvalue weighted by Crippen LogP contribution is 2.18. The van der Waals surface area contributed by atoms with E-state index in [-0.39, 0.29) is 11.6 Å². The largest absolute Gasteiger partial charge is 0.468 e. The van der Waals surface area contributed by atoms with Crippen molar-refractivity contribution in [3.05, 3.63) is 64.6 Å². The molecule has 0 fully saturated rings. The first-order valence-electron chi connectivity index (χ1n) is 8.49. The molecule has 24 heavy (non-hydrogen) atoms. The Labute approximate surface area is 141 Å². The van der Waals surface area contributed by atoms with Gasteiger partial charge in [-0.2, -0.15) is 0 Å². The predicted molar refractivity (Wildman–Crippen MR) is 94.9 cm³/mol. The number of hydrogen-bond donors (Lipinski definition) is 1. The van der Waals surface area contributed by atoms with Crippen LogP contribution in [-0.4, -0.2) is 9.55 Å². The lowest BCUT2D eigenvalue weighted by Gasteiger charge is -2.21. The van der Waals surface area contributed by atoms with Gasteiger partial charge >= 0.3 is 0 Å². The zero-order valence-electron chi connectivity index (χ0n) is 14.2. The van der Waals surface area contributed by atoms with Gasteiger partial charge in [-0.05, 0) is 37.1 Å². The summed E-state index contributed by atoms with van der Waals surface area (Å²) in [7, 11) is 0. The van der Waals surface area contributed by atoms with Crippen LogP contribution < -0.4 is 10.9 Å². The van der Waals surface area contributed by atoms with E-state index in [0.717, 1.165) is 29.9 Å². The summed E-state index contributed by atoms with van der Waals surface area (Å²) < 4.78 is 7.20. The molecule has 1 atom stereocenters. The van der Waals surface area contributed by atoms with Crippen molar-refractivity contribution in [2.24, 2.45) is 0 Å². The van der Waals surface area contributed by atoms with Gasteiger partial charge in [0.05, 0.1) is 29.8 Å². The summed E-state index contributed by atoms with van der Waals surface area (Å²) >= 11 is 0. The number of hydrogen-bond acceptors (Lipinski definition) is 4. The lowest BCUT2D eigenvalue weighted by molar-refractivity contribution is 0.417. The van der Waals surface area contributed by atoms with E-state index < -0.39 is 0 Å². The fourth-order valence-corrected chi connectivity index (χ4v) is 2.95. The van der Waals surface area contributed by atoms with Crippen molar-refractivity contribution in [3.63, 3.8) is 0 Å². The number of nitrogens with zero attached hydrogens (tertiary/aromatic N) is 2. The van der Waals surface area contributed by atoms with E-state index in [2.05, 4.69) is 19.2 Å². The predicted octanol–water partition coefficient (Wildman–Crippen LogP) is 3.64. The van der Waals surface area contributed by atoms with Gasteiger partial charge in [-0.3, -0.25) is 9.36 Å². The molecule has 1 aromatic carbocycles. The van der Waals surface area contributed by atoms with Crippen molar-refractivity contribution in [1.82, 2.24) is 14.9 Å². The number of benzene rings is 1. The lowest BCUT2D eigenvalue weighted by Crippen LogP contribution is -2.32. The van der Waals surface area contributed by atoms with Gasteiger partial charge in [0, 0.05) is 6.54 Å². The van der Waals surface area contributed by atoms with Gasteiger partial charge in [0.25, 0.3) is 5.56 Å². The number of furan rings is 1. The second-order valence-electron chi connectivity index (χ2n) is 5.87. The second-order valence-corrected chi connectivity index (χ2v) is 5.87. The smallest absolute Gasteiger partial charge is 0.261 e. The fraction of sp³-hybridized carbons (Fsp3) is 0.368. The minimum atomic E-state index is -0.000967. The summed E-state index contributed by atoms with van der Waals surface area (Å²) in [4.78, 5) is 17.7. The van der Waals surface area contributed by atoms with Crippen LogP contribution in [0.2, 0.25) is 0 Å². The van der Waals surface area contributed by atoms with Crippen LogP contribution in [0.5, 0.6) is 0 Å². The molecule has 0 radical (unpaired) electrons. The summed E-state index contributed by atoms with van der Waals surface area (Å²) in [5.74, 6) is 1.67. The zero-order valence-corrected chi connectivity index (χ0v) is 14.2. The maximum absolute atomic E-state index is 12.9. The topological polar surface area (TPSA) is 60.1 Å². The zero-order chi connectivity index (χ0) is 16.9. The lowest BCUT2D eigenvalue weighted by atomic mass is 10.1. The molecular weight excluding hydrogens is 302 g/mol. The van der Waals surface area contributed by atoms with Gasteiger partial charge in [-0.1, -0.05) is 26.0 Å². The summed E-state index contributed by atoms with van der Waals surface area (Å²) in [5, 5.41) is 4.14. The number of fused-ring (bicyclic) bond motifs is 1. The Morgan fingerprint density at radius 2 is 2.04 bits per heavy atom. The summed E-state index contributed by atoms with van der Waals surface area (Å²) in [6.45, 7) is 5.45. The third-order valence-electron chi connectivity index (χ3n) is 4.16. The average molecular weight is 325 g/mol. The molecule has 2 aromatic heterocycles. The molecule has 3 aromatic rings. The van der Waals surface area contributed by atoms with Gasteiger partial charge in [0.2, 0.25) is 0 Å². The first-order valence-corrected chi connectivity index (χ1v) is 8.49. The van der Waals surface area contributed by atoms with Crippen molar-refractivity contribution in [2.75, 3.05) is 0 Å². The van der Waals surface area contributed by atoms with E-state index >= 15 is 0 Å². The normalized spacial score (nSPS) is 12.6. The first kappa shape index (κ1) is 16.5. The third-order valence-corrected chi connectivity index (χ3v) is 4.16. The van der Waals surface area contributed by atoms with Crippen LogP contribution in [0.15, 0.2) is 51.9 Å². The van der Waals surface area contributed by atoms with Crippen molar-refractivity contribution < 1.29 is 4.42 Å². The molecule has 0 aliphatic heterocycles. The standard InChI is InChI=1S/C19H23N3O2/c1-3-11-22-18(16(4-2)20-13-14-8-7-12-24-14)21-17-10-6-5-9-15(17)19(22)23/h5-10,12,16,20H,3-4,11,13H2,1-2H3. The minimum absolute atomic E-state index is 0.000967. The molecule has 0 amide bonds. The fourth-order valence-electron chi connectivity index (χ4n) is 2.95. The van der Waals surface area contributed by atoms with Gasteiger partial charge in [0.15, 0.2) is 0 Å². The molecule has 0 saturated carbocycles. The average Bonchev–Trinajstić information content (AvgIpc) is 3.12. The number of para-hydroxylation sites is 1. The summed E-state index contributed by atoms with van der Waals surface area (Å²) in [6, 6.07) is 11.4. The molecule has 1 N–H and O–H groups in total. The van der Waals surface area contributed by atoms with Crippen molar-refractivity contribution in [3.8, 4) is 0 Å². The Morgan fingerprint density at radius 1 is 1.21 bits per heavy atom. The van der Waals surface area contributed by atoms with Crippen LogP contribution in [0.1, 0.15) is 44.3 Å². The Bertz CT molecular complexity index is 853. The number of nitrogens with one attached hydrogen (secondary N) is 1.